The zero-order valence-corrected chi connectivity index (χ0v) is 9.79. The van der Waals surface area contributed by atoms with Crippen LogP contribution in [0.1, 0.15) is 24.3 Å². The molecule has 1 aromatic rings. The Kier molecular flexibility index (Phi) is 3.44. The second kappa shape index (κ2) is 4.83. The van der Waals surface area contributed by atoms with Crippen LogP contribution in [0.2, 0.25) is 0 Å². The van der Waals surface area contributed by atoms with Crippen LogP contribution in [0.5, 0.6) is 5.75 Å². The van der Waals surface area contributed by atoms with Crippen molar-refractivity contribution in [3.63, 3.8) is 0 Å². The van der Waals surface area contributed by atoms with Crippen LogP contribution in [0.3, 0.4) is 0 Å². The van der Waals surface area contributed by atoms with Crippen molar-refractivity contribution in [3.05, 3.63) is 29.6 Å². The van der Waals surface area contributed by atoms with Crippen molar-refractivity contribution in [1.82, 2.24) is 5.32 Å². The van der Waals surface area contributed by atoms with Crippen molar-refractivity contribution >= 4 is 0 Å². The van der Waals surface area contributed by atoms with Crippen LogP contribution in [-0.2, 0) is 0 Å². The molecule has 1 fully saturated rings. The Hall–Kier alpha value is -1.09. The van der Waals surface area contributed by atoms with Crippen molar-refractivity contribution in [2.75, 3.05) is 20.7 Å². The summed E-state index contributed by atoms with van der Waals surface area (Å²) in [5.41, 5.74) is 0.840. The second-order valence-electron chi connectivity index (χ2n) is 4.39. The largest absolute Gasteiger partial charge is 0.497 e. The number of hydrogen-bond donors (Lipinski definition) is 1. The monoisotopic (exact) mass is 223 g/mol. The Morgan fingerprint density at radius 2 is 2.25 bits per heavy atom. The highest BCUT2D eigenvalue weighted by atomic mass is 19.1. The van der Waals surface area contributed by atoms with Gasteiger partial charge in [0.25, 0.3) is 0 Å². The van der Waals surface area contributed by atoms with Crippen molar-refractivity contribution in [1.29, 1.82) is 0 Å². The Morgan fingerprint density at radius 3 is 2.75 bits per heavy atom. The van der Waals surface area contributed by atoms with Crippen LogP contribution in [0.15, 0.2) is 18.2 Å². The number of halogens is 1. The summed E-state index contributed by atoms with van der Waals surface area (Å²) in [4.78, 5) is 0. The van der Waals surface area contributed by atoms with Crippen LogP contribution >= 0.6 is 0 Å². The van der Waals surface area contributed by atoms with Crippen LogP contribution in [-0.4, -0.2) is 20.7 Å². The quantitative estimate of drug-likeness (QED) is 0.847. The van der Waals surface area contributed by atoms with Crippen molar-refractivity contribution in [2.45, 2.75) is 18.8 Å². The lowest BCUT2D eigenvalue weighted by molar-refractivity contribution is 0.245. The van der Waals surface area contributed by atoms with Gasteiger partial charge in [-0.1, -0.05) is 6.07 Å². The average molecular weight is 223 g/mol. The average Bonchev–Trinajstić information content (AvgIpc) is 2.27. The summed E-state index contributed by atoms with van der Waals surface area (Å²) in [7, 11) is 3.50. The maximum Gasteiger partial charge on any atom is 0.130 e. The summed E-state index contributed by atoms with van der Waals surface area (Å²) in [6.45, 7) is 0.968. The van der Waals surface area contributed by atoms with E-state index >= 15 is 0 Å². The van der Waals surface area contributed by atoms with E-state index in [1.54, 1.807) is 7.11 Å². The molecule has 16 heavy (non-hydrogen) atoms. The van der Waals surface area contributed by atoms with Gasteiger partial charge in [0.05, 0.1) is 7.11 Å². The van der Waals surface area contributed by atoms with Gasteiger partial charge in [0, 0.05) is 6.07 Å². The Balaban J connectivity index is 2.14. The first kappa shape index (κ1) is 11.4. The Bertz CT molecular complexity index is 367. The molecule has 1 N–H and O–H groups in total. The zero-order valence-electron chi connectivity index (χ0n) is 9.79. The standard InChI is InChI=1S/C13H18FNO/c1-15-8-9-3-5-11(9)12-6-4-10(16-2)7-13(12)14/h4,6-7,9,11,15H,3,5,8H2,1-2H3. The van der Waals surface area contributed by atoms with Gasteiger partial charge in [-0.3, -0.25) is 0 Å². The van der Waals surface area contributed by atoms with E-state index in [-0.39, 0.29) is 5.82 Å². The maximum atomic E-state index is 13.8. The molecule has 88 valence electrons. The Labute approximate surface area is 95.8 Å². The van der Waals surface area contributed by atoms with Gasteiger partial charge in [-0.2, -0.15) is 0 Å². The third kappa shape index (κ3) is 2.05. The van der Waals surface area contributed by atoms with Gasteiger partial charge >= 0.3 is 0 Å². The first-order valence-corrected chi connectivity index (χ1v) is 5.74. The number of rotatable bonds is 4. The molecule has 0 amide bonds. The Morgan fingerprint density at radius 1 is 1.44 bits per heavy atom. The lowest BCUT2D eigenvalue weighted by atomic mass is 9.70. The van der Waals surface area contributed by atoms with E-state index < -0.39 is 0 Å². The van der Waals surface area contributed by atoms with Gasteiger partial charge in [-0.05, 0) is 49.9 Å². The van der Waals surface area contributed by atoms with E-state index in [1.807, 2.05) is 19.2 Å². The minimum atomic E-state index is -0.134. The summed E-state index contributed by atoms with van der Waals surface area (Å²) in [6, 6.07) is 5.18. The normalized spacial score (nSPS) is 23.9. The van der Waals surface area contributed by atoms with Gasteiger partial charge < -0.3 is 10.1 Å². The fraction of sp³-hybridized carbons (Fsp3) is 0.538. The van der Waals surface area contributed by atoms with E-state index in [2.05, 4.69) is 5.32 Å². The zero-order chi connectivity index (χ0) is 11.5. The fourth-order valence-corrected chi connectivity index (χ4v) is 2.42. The number of benzene rings is 1. The van der Waals surface area contributed by atoms with E-state index in [0.717, 1.165) is 18.5 Å². The lowest BCUT2D eigenvalue weighted by Crippen LogP contribution is -2.32. The van der Waals surface area contributed by atoms with Gasteiger partial charge in [-0.25, -0.2) is 4.39 Å². The molecule has 0 heterocycles. The highest BCUT2D eigenvalue weighted by molar-refractivity contribution is 5.32. The van der Waals surface area contributed by atoms with Gasteiger partial charge in [0.2, 0.25) is 0 Å². The molecule has 0 radical (unpaired) electrons. The minimum absolute atomic E-state index is 0.134. The van der Waals surface area contributed by atoms with E-state index in [9.17, 15) is 4.39 Å². The first-order chi connectivity index (χ1) is 7.76. The molecule has 0 aromatic heterocycles. The number of hydrogen-bond acceptors (Lipinski definition) is 2. The number of methoxy groups -OCH3 is 1. The third-order valence-corrected chi connectivity index (χ3v) is 3.49. The highest BCUT2D eigenvalue weighted by Gasteiger charge is 2.33. The molecular formula is C13H18FNO. The van der Waals surface area contributed by atoms with Crippen LogP contribution < -0.4 is 10.1 Å². The molecule has 0 bridgehead atoms. The van der Waals surface area contributed by atoms with Crippen molar-refractivity contribution in [3.8, 4) is 5.75 Å². The van der Waals surface area contributed by atoms with E-state index in [0.29, 0.717) is 17.6 Å². The van der Waals surface area contributed by atoms with Gasteiger partial charge in [-0.15, -0.1) is 0 Å². The van der Waals surface area contributed by atoms with E-state index in [4.69, 9.17) is 4.74 Å². The topological polar surface area (TPSA) is 21.3 Å². The predicted octanol–water partition coefficient (Wildman–Crippen LogP) is 2.55. The fourth-order valence-electron chi connectivity index (χ4n) is 2.42. The maximum absolute atomic E-state index is 13.8. The molecule has 1 aliphatic rings. The molecule has 2 unspecified atom stereocenters. The summed E-state index contributed by atoms with van der Waals surface area (Å²) < 4.78 is 18.8. The smallest absolute Gasteiger partial charge is 0.130 e. The molecule has 0 spiro atoms. The van der Waals surface area contributed by atoms with Crippen molar-refractivity contribution < 1.29 is 9.13 Å². The molecule has 1 saturated carbocycles. The van der Waals surface area contributed by atoms with Crippen LogP contribution in [0.25, 0.3) is 0 Å². The minimum Gasteiger partial charge on any atom is -0.497 e. The summed E-state index contributed by atoms with van der Waals surface area (Å²) in [5.74, 6) is 1.40. The molecule has 1 aliphatic carbocycles. The summed E-state index contributed by atoms with van der Waals surface area (Å²) in [6.07, 6.45) is 2.28. The lowest BCUT2D eigenvalue weighted by Gasteiger charge is -2.37. The summed E-state index contributed by atoms with van der Waals surface area (Å²) >= 11 is 0. The second-order valence-corrected chi connectivity index (χ2v) is 4.39. The van der Waals surface area contributed by atoms with Crippen LogP contribution in [0.4, 0.5) is 4.39 Å². The number of ether oxygens (including phenoxy) is 1. The molecule has 1 aromatic carbocycles. The van der Waals surface area contributed by atoms with E-state index in [1.165, 1.54) is 12.5 Å². The molecule has 0 saturated heterocycles. The van der Waals surface area contributed by atoms with Crippen molar-refractivity contribution in [2.24, 2.45) is 5.92 Å². The SMILES string of the molecule is CNCC1CCC1c1ccc(OC)cc1F. The molecular weight excluding hydrogens is 205 g/mol. The molecule has 3 heteroatoms. The highest BCUT2D eigenvalue weighted by Crippen LogP contribution is 2.43. The summed E-state index contributed by atoms with van der Waals surface area (Å²) in [5, 5.41) is 3.16. The van der Waals surface area contributed by atoms with Crippen LogP contribution in [0, 0.1) is 11.7 Å². The molecule has 2 nitrogen and oxygen atoms in total. The predicted molar refractivity (Wildman–Crippen MR) is 62.3 cm³/mol. The third-order valence-electron chi connectivity index (χ3n) is 3.49. The number of nitrogens with one attached hydrogen (secondary N) is 1. The molecule has 2 rings (SSSR count). The molecule has 0 aliphatic heterocycles. The van der Waals surface area contributed by atoms with Gasteiger partial charge in [0.15, 0.2) is 0 Å². The first-order valence-electron chi connectivity index (χ1n) is 5.74. The molecule has 2 atom stereocenters. The van der Waals surface area contributed by atoms with Gasteiger partial charge in [0.1, 0.15) is 11.6 Å².